The van der Waals surface area contributed by atoms with E-state index in [4.69, 9.17) is 21.1 Å². The predicted octanol–water partition coefficient (Wildman–Crippen LogP) is 2.82. The lowest BCUT2D eigenvalue weighted by atomic mass is 10.1. The number of hydrogen-bond acceptors (Lipinski definition) is 5. The zero-order valence-corrected chi connectivity index (χ0v) is 14.1. The first-order chi connectivity index (χ1) is 11.7. The number of piperidine rings is 1. The second kappa shape index (κ2) is 7.49. The second-order valence-corrected chi connectivity index (χ2v) is 5.94. The molecule has 1 fully saturated rings. The van der Waals surface area contributed by atoms with Crippen molar-refractivity contribution in [3.63, 3.8) is 0 Å². The Hall–Kier alpha value is -2.34. The molecule has 1 aromatic heterocycles. The first-order valence-corrected chi connectivity index (χ1v) is 8.12. The molecule has 0 atom stereocenters. The first kappa shape index (κ1) is 16.5. The zero-order chi connectivity index (χ0) is 16.9. The summed E-state index contributed by atoms with van der Waals surface area (Å²) in [6.45, 7) is 1.27. The number of aromatic nitrogens is 2. The molecule has 0 N–H and O–H groups in total. The summed E-state index contributed by atoms with van der Waals surface area (Å²) in [5.41, 5.74) is 0.613. The number of rotatable bonds is 4. The van der Waals surface area contributed by atoms with Crippen LogP contribution in [0.4, 0.5) is 0 Å². The number of nitrogens with zero attached hydrogens (tertiary/aromatic N) is 3. The largest absolute Gasteiger partial charge is 0.474 e. The summed E-state index contributed by atoms with van der Waals surface area (Å²) >= 11 is 5.95. The van der Waals surface area contributed by atoms with Gasteiger partial charge in [0.1, 0.15) is 6.10 Å². The van der Waals surface area contributed by atoms with Gasteiger partial charge in [0.05, 0.1) is 7.11 Å². The molecule has 0 radical (unpaired) electrons. The molecule has 1 aromatic carbocycles. The average Bonchev–Trinajstić information content (AvgIpc) is 2.62. The SMILES string of the molecule is COc1nccc(OC2CCN(C(=O)c3cccc(Cl)c3)CC2)n1. The van der Waals surface area contributed by atoms with E-state index in [9.17, 15) is 4.79 Å². The van der Waals surface area contributed by atoms with E-state index in [1.807, 2.05) is 4.90 Å². The van der Waals surface area contributed by atoms with Gasteiger partial charge in [-0.2, -0.15) is 4.98 Å². The van der Waals surface area contributed by atoms with Gasteiger partial charge in [-0.25, -0.2) is 4.98 Å². The number of amides is 1. The molecule has 6 nitrogen and oxygen atoms in total. The van der Waals surface area contributed by atoms with Crippen molar-refractivity contribution in [1.82, 2.24) is 14.9 Å². The predicted molar refractivity (Wildman–Crippen MR) is 89.6 cm³/mol. The standard InChI is InChI=1S/C17H18ClN3O3/c1-23-17-19-8-5-15(20-17)24-14-6-9-21(10-7-14)16(22)12-3-2-4-13(18)11-12/h2-5,8,11,14H,6-7,9-10H2,1H3. The number of carbonyl (C=O) groups is 1. The summed E-state index contributed by atoms with van der Waals surface area (Å²) < 4.78 is 10.8. The lowest BCUT2D eigenvalue weighted by molar-refractivity contribution is 0.0586. The third kappa shape index (κ3) is 3.94. The number of carbonyl (C=O) groups excluding carboxylic acids is 1. The van der Waals surface area contributed by atoms with Crippen molar-refractivity contribution in [2.24, 2.45) is 0 Å². The summed E-state index contributed by atoms with van der Waals surface area (Å²) in [6.07, 6.45) is 3.11. The van der Waals surface area contributed by atoms with E-state index in [1.165, 1.54) is 7.11 Å². The Morgan fingerprint density at radius 1 is 1.29 bits per heavy atom. The Morgan fingerprint density at radius 3 is 2.79 bits per heavy atom. The fourth-order valence-corrected chi connectivity index (χ4v) is 2.83. The van der Waals surface area contributed by atoms with Crippen LogP contribution in [0.25, 0.3) is 0 Å². The number of benzene rings is 1. The van der Waals surface area contributed by atoms with Crippen molar-refractivity contribution in [3.05, 3.63) is 47.1 Å². The van der Waals surface area contributed by atoms with Crippen LogP contribution < -0.4 is 9.47 Å². The van der Waals surface area contributed by atoms with Gasteiger partial charge in [-0.1, -0.05) is 17.7 Å². The van der Waals surface area contributed by atoms with E-state index >= 15 is 0 Å². The van der Waals surface area contributed by atoms with Crippen molar-refractivity contribution in [2.75, 3.05) is 20.2 Å². The molecule has 1 amide bonds. The molecule has 3 rings (SSSR count). The van der Waals surface area contributed by atoms with Crippen LogP contribution in [-0.4, -0.2) is 47.1 Å². The van der Waals surface area contributed by atoms with E-state index in [0.717, 1.165) is 12.8 Å². The van der Waals surface area contributed by atoms with Crippen molar-refractivity contribution in [2.45, 2.75) is 18.9 Å². The van der Waals surface area contributed by atoms with Gasteiger partial charge >= 0.3 is 6.01 Å². The van der Waals surface area contributed by atoms with Crippen LogP contribution in [0.3, 0.4) is 0 Å². The minimum atomic E-state index is -0.000319. The van der Waals surface area contributed by atoms with Crippen LogP contribution in [0.2, 0.25) is 5.02 Å². The normalized spacial score (nSPS) is 15.2. The van der Waals surface area contributed by atoms with Crippen LogP contribution >= 0.6 is 11.6 Å². The summed E-state index contributed by atoms with van der Waals surface area (Å²) in [7, 11) is 1.51. The molecule has 2 heterocycles. The van der Waals surface area contributed by atoms with Gasteiger partial charge in [0.25, 0.3) is 5.91 Å². The molecule has 0 saturated carbocycles. The number of halogens is 1. The van der Waals surface area contributed by atoms with E-state index in [-0.39, 0.29) is 18.0 Å². The highest BCUT2D eigenvalue weighted by Crippen LogP contribution is 2.20. The summed E-state index contributed by atoms with van der Waals surface area (Å²) in [4.78, 5) is 22.4. The molecule has 1 aliphatic heterocycles. The first-order valence-electron chi connectivity index (χ1n) is 7.74. The van der Waals surface area contributed by atoms with Gasteiger partial charge in [-0.05, 0) is 18.2 Å². The van der Waals surface area contributed by atoms with Crippen molar-refractivity contribution in [3.8, 4) is 11.9 Å². The fraction of sp³-hybridized carbons (Fsp3) is 0.353. The van der Waals surface area contributed by atoms with Crippen LogP contribution in [0.1, 0.15) is 23.2 Å². The molecule has 1 saturated heterocycles. The molecule has 2 aromatic rings. The van der Waals surface area contributed by atoms with Crippen LogP contribution in [0, 0.1) is 0 Å². The van der Waals surface area contributed by atoms with E-state index < -0.39 is 0 Å². The third-order valence-corrected chi connectivity index (χ3v) is 4.11. The molecule has 126 valence electrons. The molecular formula is C17H18ClN3O3. The van der Waals surface area contributed by atoms with Gasteiger partial charge in [0.2, 0.25) is 5.88 Å². The smallest absolute Gasteiger partial charge is 0.319 e. The maximum absolute atomic E-state index is 12.5. The van der Waals surface area contributed by atoms with Gasteiger partial charge < -0.3 is 14.4 Å². The maximum atomic E-state index is 12.5. The van der Waals surface area contributed by atoms with E-state index in [1.54, 1.807) is 36.5 Å². The maximum Gasteiger partial charge on any atom is 0.319 e. The molecule has 24 heavy (non-hydrogen) atoms. The summed E-state index contributed by atoms with van der Waals surface area (Å²) in [6, 6.07) is 9.00. The van der Waals surface area contributed by atoms with Crippen LogP contribution in [-0.2, 0) is 0 Å². The Kier molecular flexibility index (Phi) is 5.15. The minimum Gasteiger partial charge on any atom is -0.474 e. The van der Waals surface area contributed by atoms with Crippen molar-refractivity contribution >= 4 is 17.5 Å². The Morgan fingerprint density at radius 2 is 2.08 bits per heavy atom. The topological polar surface area (TPSA) is 64.6 Å². The number of ether oxygens (including phenoxy) is 2. The molecule has 7 heteroatoms. The van der Waals surface area contributed by atoms with Gasteiger partial charge in [-0.15, -0.1) is 0 Å². The third-order valence-electron chi connectivity index (χ3n) is 3.88. The van der Waals surface area contributed by atoms with Crippen LogP contribution in [0.5, 0.6) is 11.9 Å². The van der Waals surface area contributed by atoms with E-state index in [0.29, 0.717) is 29.6 Å². The second-order valence-electron chi connectivity index (χ2n) is 5.50. The van der Waals surface area contributed by atoms with Gasteiger partial charge in [0.15, 0.2) is 0 Å². The molecule has 0 bridgehead atoms. The molecule has 1 aliphatic rings. The molecule has 0 aliphatic carbocycles. The fourth-order valence-electron chi connectivity index (χ4n) is 2.64. The lowest BCUT2D eigenvalue weighted by Crippen LogP contribution is -2.41. The Balaban J connectivity index is 1.56. The summed E-state index contributed by atoms with van der Waals surface area (Å²) in [5.74, 6) is 0.487. The van der Waals surface area contributed by atoms with Gasteiger partial charge in [-0.3, -0.25) is 4.79 Å². The van der Waals surface area contributed by atoms with E-state index in [2.05, 4.69) is 9.97 Å². The summed E-state index contributed by atoms with van der Waals surface area (Å²) in [5, 5.41) is 0.566. The highest BCUT2D eigenvalue weighted by atomic mass is 35.5. The Labute approximate surface area is 145 Å². The highest BCUT2D eigenvalue weighted by Gasteiger charge is 2.25. The number of likely N-dealkylation sites (tertiary alicyclic amines) is 1. The highest BCUT2D eigenvalue weighted by molar-refractivity contribution is 6.30. The monoisotopic (exact) mass is 347 g/mol. The van der Waals surface area contributed by atoms with Crippen molar-refractivity contribution < 1.29 is 14.3 Å². The average molecular weight is 348 g/mol. The number of hydrogen-bond donors (Lipinski definition) is 0. The minimum absolute atomic E-state index is 0.000319. The Bertz CT molecular complexity index is 718. The van der Waals surface area contributed by atoms with Gasteiger partial charge in [0, 0.05) is 48.8 Å². The molecular weight excluding hydrogens is 330 g/mol. The molecule has 0 unspecified atom stereocenters. The number of methoxy groups -OCH3 is 1. The lowest BCUT2D eigenvalue weighted by Gasteiger charge is -2.32. The zero-order valence-electron chi connectivity index (χ0n) is 13.3. The van der Waals surface area contributed by atoms with Crippen molar-refractivity contribution in [1.29, 1.82) is 0 Å². The van der Waals surface area contributed by atoms with Crippen LogP contribution in [0.15, 0.2) is 36.5 Å². The quantitative estimate of drug-likeness (QED) is 0.851. The molecule has 0 spiro atoms.